The van der Waals surface area contributed by atoms with E-state index in [9.17, 15) is 4.79 Å². The number of anilines is 1. The lowest BCUT2D eigenvalue weighted by molar-refractivity contribution is 0.102. The number of nitrogens with one attached hydrogen (secondary N) is 1. The van der Waals surface area contributed by atoms with Gasteiger partial charge in [-0.1, -0.05) is 12.7 Å². The molecular formula is C22H24N4O2. The highest BCUT2D eigenvalue weighted by molar-refractivity contribution is 6.04. The van der Waals surface area contributed by atoms with E-state index in [0.717, 1.165) is 35.1 Å². The molecule has 3 N–H and O–H groups in total. The van der Waals surface area contributed by atoms with Crippen LogP contribution in [-0.4, -0.2) is 22.0 Å². The smallest absolute Gasteiger partial charge is 0.258 e. The first-order valence-electron chi connectivity index (χ1n) is 9.13. The van der Waals surface area contributed by atoms with Crippen LogP contribution in [0.4, 0.5) is 5.82 Å². The summed E-state index contributed by atoms with van der Waals surface area (Å²) in [6, 6.07) is 5.42. The van der Waals surface area contributed by atoms with Gasteiger partial charge in [0.2, 0.25) is 0 Å². The second-order valence-corrected chi connectivity index (χ2v) is 6.74. The number of amides is 1. The van der Waals surface area contributed by atoms with Crippen LogP contribution in [0.3, 0.4) is 0 Å². The highest BCUT2D eigenvalue weighted by Gasteiger charge is 2.23. The SMILES string of the molecule is C=C/C(C)=C(\C=C(/N)OC1CC1)c1ccc(NC(=O)c2cnccc2C)nc1. The van der Waals surface area contributed by atoms with Crippen molar-refractivity contribution in [2.45, 2.75) is 32.8 Å². The largest absolute Gasteiger partial charge is 0.476 e. The Bertz CT molecular complexity index is 941. The molecule has 28 heavy (non-hydrogen) atoms. The number of carbonyl (C=O) groups excluding carboxylic acids is 1. The lowest BCUT2D eigenvalue weighted by atomic mass is 10.0. The molecule has 1 saturated carbocycles. The lowest BCUT2D eigenvalue weighted by Crippen LogP contribution is -2.14. The Morgan fingerprint density at radius 1 is 1.32 bits per heavy atom. The molecule has 1 amide bonds. The Labute approximate surface area is 164 Å². The maximum absolute atomic E-state index is 12.4. The van der Waals surface area contributed by atoms with E-state index in [2.05, 4.69) is 21.9 Å². The van der Waals surface area contributed by atoms with Crippen LogP contribution < -0.4 is 11.1 Å². The van der Waals surface area contributed by atoms with Crippen molar-refractivity contribution in [3.63, 3.8) is 0 Å². The number of hydrogen-bond acceptors (Lipinski definition) is 5. The Morgan fingerprint density at radius 3 is 2.71 bits per heavy atom. The van der Waals surface area contributed by atoms with Crippen molar-refractivity contribution in [1.29, 1.82) is 0 Å². The number of nitrogens with two attached hydrogens (primary N) is 1. The predicted molar refractivity (Wildman–Crippen MR) is 110 cm³/mol. The number of rotatable bonds is 7. The molecule has 2 aromatic heterocycles. The van der Waals surface area contributed by atoms with Gasteiger partial charge in [-0.3, -0.25) is 9.78 Å². The maximum Gasteiger partial charge on any atom is 0.258 e. The number of aromatic nitrogens is 2. The van der Waals surface area contributed by atoms with Crippen molar-refractivity contribution in [2.24, 2.45) is 5.73 Å². The van der Waals surface area contributed by atoms with Crippen LogP contribution in [-0.2, 0) is 4.74 Å². The molecule has 0 aromatic carbocycles. The van der Waals surface area contributed by atoms with Crippen LogP contribution in [0, 0.1) is 6.92 Å². The second kappa shape index (κ2) is 8.52. The molecule has 0 atom stereocenters. The molecule has 0 spiro atoms. The summed E-state index contributed by atoms with van der Waals surface area (Å²) >= 11 is 0. The molecule has 0 bridgehead atoms. The fourth-order valence-corrected chi connectivity index (χ4v) is 2.60. The van der Waals surface area contributed by atoms with Crippen molar-refractivity contribution in [2.75, 3.05) is 5.32 Å². The molecule has 2 aromatic rings. The summed E-state index contributed by atoms with van der Waals surface area (Å²) in [7, 11) is 0. The summed E-state index contributed by atoms with van der Waals surface area (Å²) in [4.78, 5) is 20.8. The summed E-state index contributed by atoms with van der Waals surface area (Å²) in [5.41, 5.74) is 10.1. The average molecular weight is 376 g/mol. The minimum Gasteiger partial charge on any atom is -0.476 e. The fourth-order valence-electron chi connectivity index (χ4n) is 2.60. The first kappa shape index (κ1) is 19.4. The molecule has 3 rings (SSSR count). The quantitative estimate of drug-likeness (QED) is 0.563. The van der Waals surface area contributed by atoms with E-state index in [1.54, 1.807) is 42.9 Å². The monoisotopic (exact) mass is 376 g/mol. The van der Waals surface area contributed by atoms with Crippen molar-refractivity contribution < 1.29 is 9.53 Å². The topological polar surface area (TPSA) is 90.1 Å². The summed E-state index contributed by atoms with van der Waals surface area (Å²) in [6.07, 6.45) is 10.8. The van der Waals surface area contributed by atoms with Gasteiger partial charge < -0.3 is 15.8 Å². The first-order chi connectivity index (χ1) is 13.5. The van der Waals surface area contributed by atoms with Gasteiger partial charge >= 0.3 is 0 Å². The second-order valence-electron chi connectivity index (χ2n) is 6.74. The van der Waals surface area contributed by atoms with E-state index in [1.807, 2.05) is 19.9 Å². The van der Waals surface area contributed by atoms with E-state index in [-0.39, 0.29) is 12.0 Å². The lowest BCUT2D eigenvalue weighted by Gasteiger charge is -2.11. The highest BCUT2D eigenvalue weighted by atomic mass is 16.5. The molecule has 0 unspecified atom stereocenters. The van der Waals surface area contributed by atoms with E-state index in [0.29, 0.717) is 17.3 Å². The fraction of sp³-hybridized carbons (Fsp3) is 0.227. The number of nitrogens with zero attached hydrogens (tertiary/aromatic N) is 2. The standard InChI is InChI=1S/C22H24N4O2/c1-4-14(2)18(11-20(23)28-17-6-7-17)16-5-8-21(25-12-16)26-22(27)19-13-24-10-9-15(19)3/h4-5,8-13,17H,1,6-7,23H2,2-3H3,(H,25,26,27)/b18-14+,20-11+. The van der Waals surface area contributed by atoms with Gasteiger partial charge in [-0.2, -0.15) is 0 Å². The predicted octanol–water partition coefficient (Wildman–Crippen LogP) is 3.98. The molecule has 6 nitrogen and oxygen atoms in total. The summed E-state index contributed by atoms with van der Waals surface area (Å²) in [5, 5.41) is 2.79. The molecule has 1 fully saturated rings. The van der Waals surface area contributed by atoms with Crippen molar-refractivity contribution in [3.8, 4) is 0 Å². The Kier molecular flexibility index (Phi) is 5.89. The molecule has 1 aliphatic carbocycles. The highest BCUT2D eigenvalue weighted by Crippen LogP contribution is 2.27. The summed E-state index contributed by atoms with van der Waals surface area (Å²) in [5.74, 6) is 0.591. The van der Waals surface area contributed by atoms with E-state index in [4.69, 9.17) is 10.5 Å². The molecule has 0 radical (unpaired) electrons. The molecular weight excluding hydrogens is 352 g/mol. The Balaban J connectivity index is 1.78. The number of aryl methyl sites for hydroxylation is 1. The van der Waals surface area contributed by atoms with Crippen molar-refractivity contribution >= 4 is 17.3 Å². The molecule has 6 heteroatoms. The maximum atomic E-state index is 12.4. The van der Waals surface area contributed by atoms with E-state index in [1.165, 1.54) is 0 Å². The summed E-state index contributed by atoms with van der Waals surface area (Å²) in [6.45, 7) is 7.65. The third-order valence-corrected chi connectivity index (χ3v) is 4.44. The Hall–Kier alpha value is -3.41. The van der Waals surface area contributed by atoms with Gasteiger partial charge in [0.1, 0.15) is 11.9 Å². The van der Waals surface area contributed by atoms with Crippen LogP contribution in [0.2, 0.25) is 0 Å². The number of hydrogen-bond donors (Lipinski definition) is 2. The molecule has 0 aliphatic heterocycles. The van der Waals surface area contributed by atoms with Crippen LogP contribution in [0.5, 0.6) is 0 Å². The minimum atomic E-state index is -0.245. The average Bonchev–Trinajstić information content (AvgIpc) is 3.50. The van der Waals surface area contributed by atoms with Crippen molar-refractivity contribution in [3.05, 3.63) is 83.7 Å². The van der Waals surface area contributed by atoms with E-state index < -0.39 is 0 Å². The van der Waals surface area contributed by atoms with Crippen LogP contribution in [0.25, 0.3) is 5.57 Å². The zero-order valence-corrected chi connectivity index (χ0v) is 16.1. The van der Waals surface area contributed by atoms with Crippen molar-refractivity contribution in [1.82, 2.24) is 9.97 Å². The summed E-state index contributed by atoms with van der Waals surface area (Å²) < 4.78 is 5.63. The zero-order chi connectivity index (χ0) is 20.1. The Morgan fingerprint density at radius 2 is 2.11 bits per heavy atom. The third-order valence-electron chi connectivity index (χ3n) is 4.44. The number of ether oxygens (including phenoxy) is 1. The molecule has 1 aliphatic rings. The third kappa shape index (κ3) is 4.85. The number of allylic oxidation sites excluding steroid dienone is 4. The normalized spacial score (nSPS) is 14.9. The molecule has 2 heterocycles. The zero-order valence-electron chi connectivity index (χ0n) is 16.1. The van der Waals surface area contributed by atoms with Gasteiger partial charge in [-0.05, 0) is 61.6 Å². The van der Waals surface area contributed by atoms with Gasteiger partial charge in [0.15, 0.2) is 5.88 Å². The number of pyridine rings is 2. The van der Waals surface area contributed by atoms with Gasteiger partial charge in [-0.15, -0.1) is 0 Å². The van der Waals surface area contributed by atoms with Crippen LogP contribution in [0.15, 0.2) is 67.0 Å². The van der Waals surface area contributed by atoms with Gasteiger partial charge in [0.25, 0.3) is 5.91 Å². The number of carbonyl (C=O) groups is 1. The molecule has 0 saturated heterocycles. The van der Waals surface area contributed by atoms with E-state index >= 15 is 0 Å². The van der Waals surface area contributed by atoms with Gasteiger partial charge in [0.05, 0.1) is 5.56 Å². The minimum absolute atomic E-state index is 0.230. The van der Waals surface area contributed by atoms with Crippen LogP contribution >= 0.6 is 0 Å². The van der Waals surface area contributed by atoms with Gasteiger partial charge in [0, 0.05) is 30.2 Å². The first-order valence-corrected chi connectivity index (χ1v) is 9.13. The van der Waals surface area contributed by atoms with Gasteiger partial charge in [-0.25, -0.2) is 4.98 Å². The molecule has 144 valence electrons. The van der Waals surface area contributed by atoms with Crippen LogP contribution in [0.1, 0.15) is 41.3 Å².